The van der Waals surface area contributed by atoms with Gasteiger partial charge in [-0.15, -0.1) is 0 Å². The van der Waals surface area contributed by atoms with Crippen molar-refractivity contribution in [1.82, 2.24) is 5.32 Å². The van der Waals surface area contributed by atoms with Crippen molar-refractivity contribution in [1.29, 1.82) is 0 Å². The van der Waals surface area contributed by atoms with E-state index in [-0.39, 0.29) is 17.8 Å². The number of hydrogen-bond donors (Lipinski definition) is 3. The molecule has 28 heavy (non-hydrogen) atoms. The van der Waals surface area contributed by atoms with Gasteiger partial charge in [-0.2, -0.15) is 0 Å². The fourth-order valence-electron chi connectivity index (χ4n) is 3.13. The number of rotatable bonds is 4. The van der Waals surface area contributed by atoms with Gasteiger partial charge >= 0.3 is 6.03 Å². The van der Waals surface area contributed by atoms with Crippen LogP contribution >= 0.6 is 0 Å². The van der Waals surface area contributed by atoms with Crippen LogP contribution in [-0.2, 0) is 9.59 Å². The first-order chi connectivity index (χ1) is 13.4. The van der Waals surface area contributed by atoms with Gasteiger partial charge in [0.25, 0.3) is 0 Å². The molecule has 0 aromatic heterocycles. The maximum atomic E-state index is 12.8. The first-order valence-corrected chi connectivity index (χ1v) is 9.17. The van der Waals surface area contributed by atoms with Crippen molar-refractivity contribution in [3.05, 3.63) is 53.6 Å². The van der Waals surface area contributed by atoms with Gasteiger partial charge in [-0.25, -0.2) is 4.79 Å². The second-order valence-corrected chi connectivity index (χ2v) is 6.87. The van der Waals surface area contributed by atoms with E-state index in [1.807, 2.05) is 32.0 Å². The minimum Gasteiger partial charge on any atom is -0.341 e. The van der Waals surface area contributed by atoms with E-state index < -0.39 is 5.92 Å². The second kappa shape index (κ2) is 8.12. The summed E-state index contributed by atoms with van der Waals surface area (Å²) in [6.45, 7) is 4.55. The molecule has 1 aliphatic heterocycles. The molecule has 1 unspecified atom stereocenters. The van der Waals surface area contributed by atoms with Crippen LogP contribution in [0.4, 0.5) is 21.9 Å². The van der Waals surface area contributed by atoms with Crippen LogP contribution in [-0.4, -0.2) is 31.4 Å². The van der Waals surface area contributed by atoms with Crippen LogP contribution in [0.2, 0.25) is 0 Å². The van der Waals surface area contributed by atoms with Crippen LogP contribution in [0.15, 0.2) is 42.5 Å². The largest absolute Gasteiger partial charge is 0.341 e. The summed E-state index contributed by atoms with van der Waals surface area (Å²) in [5.74, 6) is -1.20. The molecule has 0 spiro atoms. The number of anilines is 3. The lowest BCUT2D eigenvalue weighted by Crippen LogP contribution is -2.33. The Bertz CT molecular complexity index is 908. The predicted octanol–water partition coefficient (Wildman–Crippen LogP) is 3.05. The van der Waals surface area contributed by atoms with Gasteiger partial charge in [0.2, 0.25) is 11.8 Å². The number of urea groups is 1. The molecule has 0 radical (unpaired) electrons. The molecule has 0 aliphatic carbocycles. The summed E-state index contributed by atoms with van der Waals surface area (Å²) in [5, 5.41) is 7.89. The summed E-state index contributed by atoms with van der Waals surface area (Å²) in [4.78, 5) is 38.3. The Balaban J connectivity index is 1.64. The van der Waals surface area contributed by atoms with Crippen molar-refractivity contribution in [3.8, 4) is 0 Å². The van der Waals surface area contributed by atoms with E-state index in [9.17, 15) is 14.4 Å². The van der Waals surface area contributed by atoms with E-state index in [1.54, 1.807) is 29.2 Å². The molecule has 4 amide bonds. The average molecular weight is 380 g/mol. The molecular formula is C21H24N4O3. The highest BCUT2D eigenvalue weighted by Crippen LogP contribution is 2.28. The van der Waals surface area contributed by atoms with Gasteiger partial charge in [0, 0.05) is 30.7 Å². The molecule has 1 heterocycles. The Morgan fingerprint density at radius 2 is 1.61 bits per heavy atom. The number of aryl methyl sites for hydroxylation is 2. The molecule has 146 valence electrons. The Morgan fingerprint density at radius 3 is 2.21 bits per heavy atom. The molecule has 0 bridgehead atoms. The van der Waals surface area contributed by atoms with Gasteiger partial charge in [-0.1, -0.05) is 6.07 Å². The van der Waals surface area contributed by atoms with Crippen molar-refractivity contribution in [2.24, 2.45) is 5.92 Å². The minimum absolute atomic E-state index is 0.182. The van der Waals surface area contributed by atoms with Crippen molar-refractivity contribution in [2.75, 3.05) is 29.1 Å². The van der Waals surface area contributed by atoms with Crippen molar-refractivity contribution in [2.45, 2.75) is 20.3 Å². The van der Waals surface area contributed by atoms with Crippen molar-refractivity contribution >= 4 is 34.9 Å². The Labute approximate surface area is 164 Å². The molecule has 1 fully saturated rings. The van der Waals surface area contributed by atoms with E-state index in [4.69, 9.17) is 0 Å². The highest BCUT2D eigenvalue weighted by Gasteiger charge is 2.37. The van der Waals surface area contributed by atoms with Crippen LogP contribution in [0.3, 0.4) is 0 Å². The van der Waals surface area contributed by atoms with Gasteiger partial charge in [-0.3, -0.25) is 9.59 Å². The number of carbonyl (C=O) groups is 3. The summed E-state index contributed by atoms with van der Waals surface area (Å²) in [5.41, 5.74) is 4.29. The van der Waals surface area contributed by atoms with E-state index in [0.717, 1.165) is 11.3 Å². The van der Waals surface area contributed by atoms with Crippen LogP contribution in [0.25, 0.3) is 0 Å². The molecule has 3 N–H and O–H groups in total. The van der Waals surface area contributed by atoms with Gasteiger partial charge < -0.3 is 20.9 Å². The topological polar surface area (TPSA) is 90.5 Å². The zero-order valence-electron chi connectivity index (χ0n) is 16.2. The van der Waals surface area contributed by atoms with E-state index >= 15 is 0 Å². The molecule has 2 aromatic rings. The number of carbonyl (C=O) groups excluding carboxylic acids is 3. The lowest BCUT2D eigenvalue weighted by molar-refractivity contribution is -0.129. The second-order valence-electron chi connectivity index (χ2n) is 6.87. The summed E-state index contributed by atoms with van der Waals surface area (Å²) >= 11 is 0. The standard InChI is InChI=1S/C21H24N4O3/c1-13-4-9-17(12-14(13)2)25-11-10-18(20(25)27)19(26)23-15-5-7-16(8-6-15)24-21(28)22-3/h4-9,12,18H,10-11H2,1-3H3,(H,23,26)(H2,22,24,28). The lowest BCUT2D eigenvalue weighted by atomic mass is 10.1. The monoisotopic (exact) mass is 380 g/mol. The third-order valence-corrected chi connectivity index (χ3v) is 4.96. The fraction of sp³-hybridized carbons (Fsp3) is 0.286. The first-order valence-electron chi connectivity index (χ1n) is 9.17. The number of hydrogen-bond acceptors (Lipinski definition) is 3. The normalized spacial score (nSPS) is 16.0. The first kappa shape index (κ1) is 19.4. The summed E-state index contributed by atoms with van der Waals surface area (Å²) in [7, 11) is 1.53. The molecular weight excluding hydrogens is 356 g/mol. The number of nitrogens with zero attached hydrogens (tertiary/aromatic N) is 1. The predicted molar refractivity (Wildman–Crippen MR) is 110 cm³/mol. The fourth-order valence-corrected chi connectivity index (χ4v) is 3.13. The molecule has 1 aliphatic rings. The molecule has 7 heteroatoms. The van der Waals surface area contributed by atoms with Crippen molar-refractivity contribution < 1.29 is 14.4 Å². The van der Waals surface area contributed by atoms with Gasteiger partial charge in [0.15, 0.2) is 0 Å². The Kier molecular flexibility index (Phi) is 5.63. The average Bonchev–Trinajstić information content (AvgIpc) is 3.07. The Morgan fingerprint density at radius 1 is 0.964 bits per heavy atom. The highest BCUT2D eigenvalue weighted by atomic mass is 16.2. The third kappa shape index (κ3) is 4.14. The van der Waals surface area contributed by atoms with Gasteiger partial charge in [-0.05, 0) is 67.8 Å². The summed E-state index contributed by atoms with van der Waals surface area (Å²) in [6.07, 6.45) is 0.480. The SMILES string of the molecule is CNC(=O)Nc1ccc(NC(=O)C2CCN(c3ccc(C)c(C)c3)C2=O)cc1. The maximum Gasteiger partial charge on any atom is 0.318 e. The van der Waals surface area contributed by atoms with E-state index in [2.05, 4.69) is 16.0 Å². The number of nitrogens with one attached hydrogen (secondary N) is 3. The van der Waals surface area contributed by atoms with Crippen LogP contribution in [0.1, 0.15) is 17.5 Å². The molecule has 1 saturated heterocycles. The quantitative estimate of drug-likeness (QED) is 0.712. The van der Waals surface area contributed by atoms with Crippen molar-refractivity contribution in [3.63, 3.8) is 0 Å². The molecule has 7 nitrogen and oxygen atoms in total. The molecule has 3 rings (SSSR count). The van der Waals surface area contributed by atoms with Gasteiger partial charge in [0.05, 0.1) is 0 Å². The van der Waals surface area contributed by atoms with Gasteiger partial charge in [0.1, 0.15) is 5.92 Å². The highest BCUT2D eigenvalue weighted by molar-refractivity contribution is 6.13. The smallest absolute Gasteiger partial charge is 0.318 e. The lowest BCUT2D eigenvalue weighted by Gasteiger charge is -2.18. The summed E-state index contributed by atoms with van der Waals surface area (Å²) < 4.78 is 0. The third-order valence-electron chi connectivity index (χ3n) is 4.96. The molecule has 0 saturated carbocycles. The zero-order valence-corrected chi connectivity index (χ0v) is 16.2. The number of benzene rings is 2. The molecule has 2 aromatic carbocycles. The zero-order chi connectivity index (χ0) is 20.3. The van der Waals surface area contributed by atoms with Crippen LogP contribution in [0, 0.1) is 19.8 Å². The summed E-state index contributed by atoms with van der Waals surface area (Å²) in [6, 6.07) is 12.3. The maximum absolute atomic E-state index is 12.8. The van der Waals surface area contributed by atoms with Crippen LogP contribution < -0.4 is 20.9 Å². The van der Waals surface area contributed by atoms with E-state index in [0.29, 0.717) is 24.3 Å². The minimum atomic E-state index is -0.703. The van der Waals surface area contributed by atoms with E-state index in [1.165, 1.54) is 12.6 Å². The molecule has 1 atom stereocenters. The van der Waals surface area contributed by atoms with Crippen LogP contribution in [0.5, 0.6) is 0 Å². The number of amides is 4. The Hall–Kier alpha value is -3.35.